The highest BCUT2D eigenvalue weighted by Gasteiger charge is 2.16. The van der Waals surface area contributed by atoms with E-state index in [1.54, 1.807) is 6.07 Å². The average Bonchev–Trinajstić information content (AvgIpc) is 2.33. The molecule has 5 nitrogen and oxygen atoms in total. The Balaban J connectivity index is 2.75. The standard InChI is InChI=1S/C13H19ClN2O3/c1-9(2)5-12(8-17)15-7-10-6-11(14)3-4-13(10)16(18)19/h3-4,6,9,12,15,17H,5,7-8H2,1-2H3. The van der Waals surface area contributed by atoms with Crippen LogP contribution in [0.15, 0.2) is 18.2 Å². The van der Waals surface area contributed by atoms with E-state index in [1.807, 2.05) is 0 Å². The van der Waals surface area contributed by atoms with E-state index >= 15 is 0 Å². The summed E-state index contributed by atoms with van der Waals surface area (Å²) in [5, 5.41) is 23.8. The van der Waals surface area contributed by atoms with Crippen LogP contribution in [0.4, 0.5) is 5.69 Å². The van der Waals surface area contributed by atoms with E-state index in [9.17, 15) is 15.2 Å². The van der Waals surface area contributed by atoms with Gasteiger partial charge in [0.15, 0.2) is 0 Å². The predicted molar refractivity (Wildman–Crippen MR) is 75.3 cm³/mol. The third kappa shape index (κ3) is 5.14. The van der Waals surface area contributed by atoms with Gasteiger partial charge in [-0.15, -0.1) is 0 Å². The molecule has 0 aliphatic carbocycles. The van der Waals surface area contributed by atoms with Gasteiger partial charge < -0.3 is 10.4 Å². The van der Waals surface area contributed by atoms with Gasteiger partial charge in [0.25, 0.3) is 5.69 Å². The van der Waals surface area contributed by atoms with Gasteiger partial charge in [0.2, 0.25) is 0 Å². The first-order valence-electron chi connectivity index (χ1n) is 6.21. The minimum Gasteiger partial charge on any atom is -0.395 e. The molecule has 1 aromatic carbocycles. The molecular weight excluding hydrogens is 268 g/mol. The van der Waals surface area contributed by atoms with Crippen LogP contribution in [-0.2, 0) is 6.54 Å². The lowest BCUT2D eigenvalue weighted by atomic mass is 10.0. The van der Waals surface area contributed by atoms with Crippen molar-refractivity contribution >= 4 is 17.3 Å². The highest BCUT2D eigenvalue weighted by molar-refractivity contribution is 6.30. The Bertz CT molecular complexity index is 438. The van der Waals surface area contributed by atoms with E-state index in [-0.39, 0.29) is 18.3 Å². The van der Waals surface area contributed by atoms with Gasteiger partial charge in [-0.1, -0.05) is 25.4 Å². The molecule has 0 radical (unpaired) electrons. The zero-order chi connectivity index (χ0) is 14.4. The number of halogens is 1. The van der Waals surface area contributed by atoms with Crippen LogP contribution in [0.25, 0.3) is 0 Å². The number of nitrogens with zero attached hydrogens (tertiary/aromatic N) is 1. The normalized spacial score (nSPS) is 12.7. The number of hydrogen-bond donors (Lipinski definition) is 2. The molecule has 19 heavy (non-hydrogen) atoms. The third-order valence-corrected chi connectivity index (χ3v) is 3.03. The first-order chi connectivity index (χ1) is 8.93. The van der Waals surface area contributed by atoms with Crippen LogP contribution in [0, 0.1) is 16.0 Å². The van der Waals surface area contributed by atoms with Crippen LogP contribution in [0.5, 0.6) is 0 Å². The molecule has 0 aliphatic heterocycles. The Morgan fingerprint density at radius 3 is 2.68 bits per heavy atom. The van der Waals surface area contributed by atoms with E-state index in [0.29, 0.717) is 23.0 Å². The number of benzene rings is 1. The molecule has 1 unspecified atom stereocenters. The first-order valence-corrected chi connectivity index (χ1v) is 6.59. The maximum absolute atomic E-state index is 10.9. The van der Waals surface area contributed by atoms with Gasteiger partial charge in [0.05, 0.1) is 11.5 Å². The van der Waals surface area contributed by atoms with Crippen molar-refractivity contribution in [2.24, 2.45) is 5.92 Å². The van der Waals surface area contributed by atoms with Crippen molar-refractivity contribution in [1.82, 2.24) is 5.32 Å². The van der Waals surface area contributed by atoms with Crippen LogP contribution in [0.2, 0.25) is 5.02 Å². The third-order valence-electron chi connectivity index (χ3n) is 2.80. The fourth-order valence-electron chi connectivity index (χ4n) is 1.92. The van der Waals surface area contributed by atoms with E-state index in [1.165, 1.54) is 12.1 Å². The second-order valence-corrected chi connectivity index (χ2v) is 5.36. The lowest BCUT2D eigenvalue weighted by Gasteiger charge is -2.18. The Hall–Kier alpha value is -1.17. The van der Waals surface area contributed by atoms with Crippen molar-refractivity contribution in [3.8, 4) is 0 Å². The average molecular weight is 287 g/mol. The van der Waals surface area contributed by atoms with E-state index in [4.69, 9.17) is 11.6 Å². The smallest absolute Gasteiger partial charge is 0.273 e. The van der Waals surface area contributed by atoms with E-state index in [2.05, 4.69) is 19.2 Å². The summed E-state index contributed by atoms with van der Waals surface area (Å²) < 4.78 is 0. The Kier molecular flexibility index (Phi) is 6.21. The fourth-order valence-corrected chi connectivity index (χ4v) is 2.11. The minimum absolute atomic E-state index is 0.00649. The molecule has 0 fully saturated rings. The molecule has 0 bridgehead atoms. The van der Waals surface area contributed by atoms with Gasteiger partial charge >= 0.3 is 0 Å². The number of aliphatic hydroxyl groups is 1. The van der Waals surface area contributed by atoms with Crippen LogP contribution >= 0.6 is 11.6 Å². The SMILES string of the molecule is CC(C)CC(CO)NCc1cc(Cl)ccc1[N+](=O)[O-]. The van der Waals surface area contributed by atoms with Crippen LogP contribution in [-0.4, -0.2) is 22.7 Å². The number of rotatable bonds is 7. The molecule has 106 valence electrons. The molecule has 0 amide bonds. The molecule has 0 aliphatic rings. The van der Waals surface area contributed by atoms with Gasteiger partial charge in [-0.2, -0.15) is 0 Å². The lowest BCUT2D eigenvalue weighted by molar-refractivity contribution is -0.385. The molecule has 1 aromatic rings. The number of nitrogens with one attached hydrogen (secondary N) is 1. The second-order valence-electron chi connectivity index (χ2n) is 4.92. The quantitative estimate of drug-likeness (QED) is 0.597. The Labute approximate surface area is 117 Å². The molecule has 0 saturated carbocycles. The molecular formula is C13H19ClN2O3. The summed E-state index contributed by atoms with van der Waals surface area (Å²) in [5.74, 6) is 0.444. The number of aliphatic hydroxyl groups excluding tert-OH is 1. The van der Waals surface area contributed by atoms with Crippen LogP contribution in [0.1, 0.15) is 25.8 Å². The molecule has 0 spiro atoms. The Morgan fingerprint density at radius 1 is 1.47 bits per heavy atom. The zero-order valence-electron chi connectivity index (χ0n) is 11.1. The van der Waals surface area contributed by atoms with Gasteiger partial charge in [-0.25, -0.2) is 0 Å². The summed E-state index contributed by atoms with van der Waals surface area (Å²) >= 11 is 5.86. The van der Waals surface area contributed by atoms with E-state index < -0.39 is 4.92 Å². The van der Waals surface area contributed by atoms with E-state index in [0.717, 1.165) is 6.42 Å². The van der Waals surface area contributed by atoms with Crippen molar-refractivity contribution in [3.05, 3.63) is 38.9 Å². The zero-order valence-corrected chi connectivity index (χ0v) is 11.9. The van der Waals surface area contributed by atoms with Crippen molar-refractivity contribution in [2.45, 2.75) is 32.9 Å². The summed E-state index contributed by atoms with van der Waals surface area (Å²) in [6.07, 6.45) is 0.810. The number of hydrogen-bond acceptors (Lipinski definition) is 4. The monoisotopic (exact) mass is 286 g/mol. The van der Waals surface area contributed by atoms with Crippen molar-refractivity contribution in [1.29, 1.82) is 0 Å². The second kappa shape index (κ2) is 7.43. The highest BCUT2D eigenvalue weighted by Crippen LogP contribution is 2.22. The predicted octanol–water partition coefficient (Wildman–Crippen LogP) is 2.74. The molecule has 0 saturated heterocycles. The lowest BCUT2D eigenvalue weighted by Crippen LogP contribution is -2.33. The van der Waals surface area contributed by atoms with Crippen molar-refractivity contribution in [2.75, 3.05) is 6.61 Å². The van der Waals surface area contributed by atoms with Gasteiger partial charge in [-0.05, 0) is 24.5 Å². The molecule has 0 heterocycles. The van der Waals surface area contributed by atoms with Crippen molar-refractivity contribution in [3.63, 3.8) is 0 Å². The maximum Gasteiger partial charge on any atom is 0.273 e. The molecule has 2 N–H and O–H groups in total. The summed E-state index contributed by atoms with van der Waals surface area (Å²) in [4.78, 5) is 10.5. The van der Waals surface area contributed by atoms with Gasteiger partial charge in [-0.3, -0.25) is 10.1 Å². The summed E-state index contributed by atoms with van der Waals surface area (Å²) in [5.41, 5.74) is 0.567. The summed E-state index contributed by atoms with van der Waals surface area (Å²) in [7, 11) is 0. The molecule has 1 atom stereocenters. The maximum atomic E-state index is 10.9. The van der Waals surface area contributed by atoms with Crippen LogP contribution in [0.3, 0.4) is 0 Å². The molecule has 0 aromatic heterocycles. The number of nitro groups is 1. The summed E-state index contributed by atoms with van der Waals surface area (Å²) in [6, 6.07) is 4.41. The first kappa shape index (κ1) is 15.9. The molecule has 6 heteroatoms. The van der Waals surface area contributed by atoms with Gasteiger partial charge in [0, 0.05) is 29.2 Å². The van der Waals surface area contributed by atoms with Gasteiger partial charge in [0.1, 0.15) is 0 Å². The largest absolute Gasteiger partial charge is 0.395 e. The van der Waals surface area contributed by atoms with Crippen molar-refractivity contribution < 1.29 is 10.0 Å². The summed E-state index contributed by atoms with van der Waals surface area (Å²) in [6.45, 7) is 4.44. The number of nitro benzene ring substituents is 1. The van der Waals surface area contributed by atoms with Crippen LogP contribution < -0.4 is 5.32 Å². The highest BCUT2D eigenvalue weighted by atomic mass is 35.5. The fraction of sp³-hybridized carbons (Fsp3) is 0.538. The topological polar surface area (TPSA) is 75.4 Å². The minimum atomic E-state index is -0.427. The molecule has 1 rings (SSSR count). The Morgan fingerprint density at radius 2 is 2.16 bits per heavy atom.